The van der Waals surface area contributed by atoms with E-state index in [1.54, 1.807) is 6.08 Å². The van der Waals surface area contributed by atoms with E-state index in [1.807, 2.05) is 41.3 Å². The van der Waals surface area contributed by atoms with Crippen molar-refractivity contribution in [3.63, 3.8) is 0 Å². The zero-order valence-electron chi connectivity index (χ0n) is 11.6. The van der Waals surface area contributed by atoms with Gasteiger partial charge in [0, 0.05) is 24.2 Å². The zero-order chi connectivity index (χ0) is 14.7. The average molecular weight is 298 g/mol. The Bertz CT molecular complexity index is 676. The molecule has 0 spiro atoms. The van der Waals surface area contributed by atoms with Gasteiger partial charge in [0.05, 0.1) is 0 Å². The normalized spacial score (nSPS) is 14.2. The number of carbonyl (C=O) groups is 1. The molecule has 2 aromatic rings. The van der Waals surface area contributed by atoms with Crippen molar-refractivity contribution in [2.45, 2.75) is 13.0 Å². The van der Waals surface area contributed by atoms with Crippen LogP contribution in [0.3, 0.4) is 0 Å². The molecule has 2 nitrogen and oxygen atoms in total. The van der Waals surface area contributed by atoms with Crippen LogP contribution in [-0.2, 0) is 17.8 Å². The molecular formula is C18H16ClNO. The fourth-order valence-corrected chi connectivity index (χ4v) is 2.66. The number of halogens is 1. The number of carbonyl (C=O) groups excluding carboxylic acids is 1. The first-order valence-electron chi connectivity index (χ1n) is 7.02. The molecule has 3 heteroatoms. The summed E-state index contributed by atoms with van der Waals surface area (Å²) in [6, 6.07) is 15.8. The zero-order valence-corrected chi connectivity index (χ0v) is 12.4. The summed E-state index contributed by atoms with van der Waals surface area (Å²) in [5.74, 6) is 0.0550. The van der Waals surface area contributed by atoms with Crippen LogP contribution in [0.2, 0.25) is 5.02 Å². The third-order valence-electron chi connectivity index (χ3n) is 3.73. The molecule has 2 aromatic carbocycles. The van der Waals surface area contributed by atoms with Gasteiger partial charge in [0.25, 0.3) is 0 Å². The minimum atomic E-state index is 0.0550. The second-order valence-electron chi connectivity index (χ2n) is 5.16. The van der Waals surface area contributed by atoms with E-state index < -0.39 is 0 Å². The summed E-state index contributed by atoms with van der Waals surface area (Å²) >= 11 is 5.84. The van der Waals surface area contributed by atoms with Crippen molar-refractivity contribution in [3.8, 4) is 0 Å². The van der Waals surface area contributed by atoms with Crippen LogP contribution in [0.1, 0.15) is 16.7 Å². The van der Waals surface area contributed by atoms with Crippen molar-refractivity contribution in [2.24, 2.45) is 0 Å². The molecule has 0 unspecified atom stereocenters. The van der Waals surface area contributed by atoms with Gasteiger partial charge >= 0.3 is 0 Å². The van der Waals surface area contributed by atoms with Crippen molar-refractivity contribution < 1.29 is 4.79 Å². The summed E-state index contributed by atoms with van der Waals surface area (Å²) in [6.45, 7) is 1.47. The van der Waals surface area contributed by atoms with E-state index in [2.05, 4.69) is 18.2 Å². The fraction of sp³-hybridized carbons (Fsp3) is 0.167. The molecule has 0 saturated heterocycles. The molecule has 0 aliphatic carbocycles. The molecule has 0 N–H and O–H groups in total. The smallest absolute Gasteiger partial charge is 0.246 e. The molecular weight excluding hydrogens is 282 g/mol. The maximum absolute atomic E-state index is 12.3. The first-order chi connectivity index (χ1) is 10.2. The quantitative estimate of drug-likeness (QED) is 0.769. The molecule has 0 radical (unpaired) electrons. The van der Waals surface area contributed by atoms with Crippen LogP contribution >= 0.6 is 11.6 Å². The minimum Gasteiger partial charge on any atom is -0.334 e. The predicted molar refractivity (Wildman–Crippen MR) is 86.0 cm³/mol. The molecule has 0 fully saturated rings. The number of rotatable bonds is 2. The van der Waals surface area contributed by atoms with E-state index in [-0.39, 0.29) is 5.91 Å². The summed E-state index contributed by atoms with van der Waals surface area (Å²) in [7, 11) is 0. The topological polar surface area (TPSA) is 20.3 Å². The Morgan fingerprint density at radius 2 is 1.76 bits per heavy atom. The molecule has 0 atom stereocenters. The van der Waals surface area contributed by atoms with Gasteiger partial charge in [-0.05, 0) is 41.3 Å². The Kier molecular flexibility index (Phi) is 4.07. The lowest BCUT2D eigenvalue weighted by Gasteiger charge is -2.27. The van der Waals surface area contributed by atoms with E-state index >= 15 is 0 Å². The maximum Gasteiger partial charge on any atom is 0.246 e. The van der Waals surface area contributed by atoms with Gasteiger partial charge in [0.15, 0.2) is 0 Å². The Balaban J connectivity index is 1.68. The second kappa shape index (κ2) is 6.15. The van der Waals surface area contributed by atoms with Crippen LogP contribution in [0.4, 0.5) is 0 Å². The highest BCUT2D eigenvalue weighted by molar-refractivity contribution is 6.30. The average Bonchev–Trinajstić information content (AvgIpc) is 2.53. The van der Waals surface area contributed by atoms with Gasteiger partial charge < -0.3 is 4.90 Å². The number of amides is 1. The van der Waals surface area contributed by atoms with E-state index in [0.29, 0.717) is 11.6 Å². The molecule has 106 valence electrons. The van der Waals surface area contributed by atoms with Crippen LogP contribution in [0.5, 0.6) is 0 Å². The lowest BCUT2D eigenvalue weighted by Crippen LogP contribution is -2.34. The summed E-state index contributed by atoms with van der Waals surface area (Å²) < 4.78 is 0. The van der Waals surface area contributed by atoms with Gasteiger partial charge in [0.1, 0.15) is 0 Å². The van der Waals surface area contributed by atoms with Crippen LogP contribution in [-0.4, -0.2) is 17.4 Å². The lowest BCUT2D eigenvalue weighted by molar-refractivity contribution is -0.126. The molecule has 0 bridgehead atoms. The van der Waals surface area contributed by atoms with Crippen LogP contribution < -0.4 is 0 Å². The first-order valence-corrected chi connectivity index (χ1v) is 7.39. The Morgan fingerprint density at radius 3 is 2.52 bits per heavy atom. The molecule has 1 heterocycles. The van der Waals surface area contributed by atoms with E-state index in [4.69, 9.17) is 11.6 Å². The molecule has 1 aliphatic rings. The maximum atomic E-state index is 12.3. The first kappa shape index (κ1) is 13.9. The largest absolute Gasteiger partial charge is 0.334 e. The van der Waals surface area contributed by atoms with Gasteiger partial charge in [-0.15, -0.1) is 0 Å². The van der Waals surface area contributed by atoms with Crippen LogP contribution in [0.25, 0.3) is 6.08 Å². The standard InChI is InChI=1S/C18H16ClNO/c19-17-8-5-14(6-9-17)7-10-18(21)20-12-11-15-3-1-2-4-16(15)13-20/h1-10H,11-13H2/b10-7-. The van der Waals surface area contributed by atoms with E-state index in [0.717, 1.165) is 18.5 Å². The third-order valence-corrected chi connectivity index (χ3v) is 3.98. The van der Waals surface area contributed by atoms with Gasteiger partial charge in [-0.2, -0.15) is 0 Å². The van der Waals surface area contributed by atoms with E-state index in [1.165, 1.54) is 11.1 Å². The SMILES string of the molecule is O=C(/C=C\c1ccc(Cl)cc1)N1CCc2ccccc2C1. The van der Waals surface area contributed by atoms with Gasteiger partial charge in [-0.1, -0.05) is 48.0 Å². The predicted octanol–water partition coefficient (Wildman–Crippen LogP) is 3.94. The summed E-state index contributed by atoms with van der Waals surface area (Å²) in [6.07, 6.45) is 4.40. The van der Waals surface area contributed by atoms with Gasteiger partial charge in [-0.25, -0.2) is 0 Å². The number of fused-ring (bicyclic) bond motifs is 1. The van der Waals surface area contributed by atoms with Crippen molar-refractivity contribution in [2.75, 3.05) is 6.54 Å². The molecule has 0 aromatic heterocycles. The fourth-order valence-electron chi connectivity index (χ4n) is 2.53. The minimum absolute atomic E-state index is 0.0550. The Hall–Kier alpha value is -2.06. The third kappa shape index (κ3) is 3.34. The highest BCUT2D eigenvalue weighted by Gasteiger charge is 2.18. The number of hydrogen-bond acceptors (Lipinski definition) is 1. The summed E-state index contributed by atoms with van der Waals surface area (Å²) in [5.41, 5.74) is 3.57. The highest BCUT2D eigenvalue weighted by atomic mass is 35.5. The number of hydrogen-bond donors (Lipinski definition) is 0. The summed E-state index contributed by atoms with van der Waals surface area (Å²) in [4.78, 5) is 14.1. The Labute approximate surface area is 129 Å². The highest BCUT2D eigenvalue weighted by Crippen LogP contribution is 2.19. The van der Waals surface area contributed by atoms with Crippen molar-refractivity contribution in [1.29, 1.82) is 0 Å². The summed E-state index contributed by atoms with van der Waals surface area (Å²) in [5, 5.41) is 0.700. The number of nitrogens with zero attached hydrogens (tertiary/aromatic N) is 1. The van der Waals surface area contributed by atoms with Gasteiger partial charge in [0.2, 0.25) is 5.91 Å². The Morgan fingerprint density at radius 1 is 1.05 bits per heavy atom. The van der Waals surface area contributed by atoms with Crippen molar-refractivity contribution in [1.82, 2.24) is 4.90 Å². The van der Waals surface area contributed by atoms with Crippen LogP contribution in [0, 0.1) is 0 Å². The lowest BCUT2D eigenvalue weighted by atomic mass is 10.00. The van der Waals surface area contributed by atoms with E-state index in [9.17, 15) is 4.79 Å². The molecule has 3 rings (SSSR count). The number of benzene rings is 2. The van der Waals surface area contributed by atoms with Crippen molar-refractivity contribution >= 4 is 23.6 Å². The molecule has 1 amide bonds. The van der Waals surface area contributed by atoms with Crippen LogP contribution in [0.15, 0.2) is 54.6 Å². The van der Waals surface area contributed by atoms with Gasteiger partial charge in [-0.3, -0.25) is 4.79 Å². The molecule has 1 aliphatic heterocycles. The molecule has 21 heavy (non-hydrogen) atoms. The monoisotopic (exact) mass is 297 g/mol. The second-order valence-corrected chi connectivity index (χ2v) is 5.60. The molecule has 0 saturated carbocycles. The van der Waals surface area contributed by atoms with Crippen molar-refractivity contribution in [3.05, 3.63) is 76.3 Å².